The zero-order valence-corrected chi connectivity index (χ0v) is 12.4. The van der Waals surface area contributed by atoms with Crippen LogP contribution in [0.2, 0.25) is 5.02 Å². The molecule has 0 fully saturated rings. The Balaban J connectivity index is 1.87. The molecule has 0 heterocycles. The first kappa shape index (κ1) is 14.8. The normalized spacial score (nSPS) is 10.1. The number of rotatable bonds is 4. The van der Waals surface area contributed by atoms with Crippen LogP contribution in [-0.2, 0) is 11.3 Å². The summed E-state index contributed by atoms with van der Waals surface area (Å²) in [5.41, 5.74) is 0.740. The average Bonchev–Trinajstić information content (AvgIpc) is 2.47. The SMILES string of the molecule is CSc1ccc(OC(=O)OCc2ccccc2Cl)cc1. The molecule has 0 radical (unpaired) electrons. The summed E-state index contributed by atoms with van der Waals surface area (Å²) in [6.45, 7) is 0.0847. The predicted molar refractivity (Wildman–Crippen MR) is 80.5 cm³/mol. The summed E-state index contributed by atoms with van der Waals surface area (Å²) in [6, 6.07) is 14.4. The van der Waals surface area contributed by atoms with Gasteiger partial charge in [-0.25, -0.2) is 4.79 Å². The van der Waals surface area contributed by atoms with Crippen LogP contribution in [0.1, 0.15) is 5.56 Å². The number of carbonyl (C=O) groups is 1. The molecule has 0 aliphatic carbocycles. The molecule has 0 unspecified atom stereocenters. The molecule has 2 aromatic rings. The third kappa shape index (κ3) is 4.18. The Morgan fingerprint density at radius 1 is 1.15 bits per heavy atom. The summed E-state index contributed by atoms with van der Waals surface area (Å²) in [7, 11) is 0. The predicted octanol–water partition coefficient (Wildman–Crippen LogP) is 4.78. The van der Waals surface area contributed by atoms with Crippen LogP contribution in [0.15, 0.2) is 53.4 Å². The number of thioether (sulfide) groups is 1. The lowest BCUT2D eigenvalue weighted by Crippen LogP contribution is -2.10. The Morgan fingerprint density at radius 3 is 2.50 bits per heavy atom. The first-order valence-corrected chi connectivity index (χ1v) is 7.51. The van der Waals surface area contributed by atoms with Crippen LogP contribution in [0.3, 0.4) is 0 Å². The summed E-state index contributed by atoms with van der Waals surface area (Å²) in [5.74, 6) is 0.451. The molecule has 0 aromatic heterocycles. The molecular weight excluding hydrogens is 296 g/mol. The molecule has 0 saturated heterocycles. The van der Waals surface area contributed by atoms with Crippen LogP contribution in [0.5, 0.6) is 5.75 Å². The maximum Gasteiger partial charge on any atom is 0.514 e. The van der Waals surface area contributed by atoms with Gasteiger partial charge < -0.3 is 9.47 Å². The van der Waals surface area contributed by atoms with Gasteiger partial charge in [-0.05, 0) is 36.6 Å². The van der Waals surface area contributed by atoms with Crippen LogP contribution < -0.4 is 4.74 Å². The highest BCUT2D eigenvalue weighted by atomic mass is 35.5. The maximum absolute atomic E-state index is 11.6. The highest BCUT2D eigenvalue weighted by molar-refractivity contribution is 7.98. The topological polar surface area (TPSA) is 35.5 Å². The average molecular weight is 309 g/mol. The molecule has 3 nitrogen and oxygen atoms in total. The van der Waals surface area contributed by atoms with Crippen LogP contribution in [0, 0.1) is 0 Å². The Kier molecular flexibility index (Phi) is 5.32. The Bertz CT molecular complexity index is 584. The van der Waals surface area contributed by atoms with E-state index in [0.717, 1.165) is 10.5 Å². The Labute approximate surface area is 126 Å². The quantitative estimate of drug-likeness (QED) is 0.463. The maximum atomic E-state index is 11.6. The Hall–Kier alpha value is -1.65. The number of halogens is 1. The fraction of sp³-hybridized carbons (Fsp3) is 0.133. The van der Waals surface area contributed by atoms with Crippen molar-refractivity contribution in [2.45, 2.75) is 11.5 Å². The second-order valence-corrected chi connectivity index (χ2v) is 5.19. The minimum absolute atomic E-state index is 0.0847. The molecule has 0 aliphatic rings. The molecule has 5 heteroatoms. The molecule has 0 spiro atoms. The van der Waals surface area contributed by atoms with Crippen LogP contribution >= 0.6 is 23.4 Å². The van der Waals surface area contributed by atoms with Gasteiger partial charge in [-0.2, -0.15) is 0 Å². The number of ether oxygens (including phenoxy) is 2. The molecule has 0 N–H and O–H groups in total. The number of hydrogen-bond acceptors (Lipinski definition) is 4. The monoisotopic (exact) mass is 308 g/mol. The Morgan fingerprint density at radius 2 is 1.85 bits per heavy atom. The lowest BCUT2D eigenvalue weighted by atomic mass is 10.2. The van der Waals surface area contributed by atoms with E-state index < -0.39 is 6.16 Å². The van der Waals surface area contributed by atoms with E-state index in [4.69, 9.17) is 21.1 Å². The van der Waals surface area contributed by atoms with Crippen molar-refractivity contribution in [3.8, 4) is 5.75 Å². The summed E-state index contributed by atoms with van der Waals surface area (Å²) < 4.78 is 10.1. The molecule has 0 atom stereocenters. The van der Waals surface area contributed by atoms with E-state index in [1.165, 1.54) is 0 Å². The van der Waals surface area contributed by atoms with Gasteiger partial charge in [-0.15, -0.1) is 11.8 Å². The summed E-state index contributed by atoms with van der Waals surface area (Å²) in [6.07, 6.45) is 1.23. The van der Waals surface area contributed by atoms with Crippen molar-refractivity contribution < 1.29 is 14.3 Å². The molecule has 2 aromatic carbocycles. The number of carbonyl (C=O) groups excluding carboxylic acids is 1. The van der Waals surface area contributed by atoms with E-state index in [1.54, 1.807) is 36.0 Å². The number of hydrogen-bond donors (Lipinski definition) is 0. The first-order valence-electron chi connectivity index (χ1n) is 5.91. The van der Waals surface area contributed by atoms with E-state index in [9.17, 15) is 4.79 Å². The van der Waals surface area contributed by atoms with Gasteiger partial charge in [-0.3, -0.25) is 0 Å². The van der Waals surface area contributed by atoms with Gasteiger partial charge in [0.1, 0.15) is 12.4 Å². The van der Waals surface area contributed by atoms with Crippen LogP contribution in [-0.4, -0.2) is 12.4 Å². The van der Waals surface area contributed by atoms with Gasteiger partial charge in [-0.1, -0.05) is 29.8 Å². The molecule has 2 rings (SSSR count). The van der Waals surface area contributed by atoms with Gasteiger partial charge in [0.2, 0.25) is 0 Å². The van der Waals surface area contributed by atoms with Gasteiger partial charge in [0, 0.05) is 15.5 Å². The molecule has 0 bridgehead atoms. The van der Waals surface area contributed by atoms with Crippen molar-refractivity contribution in [1.29, 1.82) is 0 Å². The lowest BCUT2D eigenvalue weighted by molar-refractivity contribution is 0.0928. The van der Waals surface area contributed by atoms with Crippen molar-refractivity contribution >= 4 is 29.5 Å². The first-order chi connectivity index (χ1) is 9.69. The van der Waals surface area contributed by atoms with Crippen molar-refractivity contribution in [3.05, 3.63) is 59.1 Å². The van der Waals surface area contributed by atoms with E-state index >= 15 is 0 Å². The third-order valence-corrected chi connectivity index (χ3v) is 3.68. The zero-order valence-electron chi connectivity index (χ0n) is 10.8. The highest BCUT2D eigenvalue weighted by Crippen LogP contribution is 2.20. The van der Waals surface area contributed by atoms with Crippen LogP contribution in [0.25, 0.3) is 0 Å². The van der Waals surface area contributed by atoms with Gasteiger partial charge >= 0.3 is 6.16 Å². The summed E-state index contributed by atoms with van der Waals surface area (Å²) in [4.78, 5) is 12.7. The molecule has 104 valence electrons. The van der Waals surface area contributed by atoms with Crippen molar-refractivity contribution in [1.82, 2.24) is 0 Å². The standard InChI is InChI=1S/C15H13ClO3S/c1-20-13-8-6-12(7-9-13)19-15(17)18-10-11-4-2-3-5-14(11)16/h2-9H,10H2,1H3. The third-order valence-electron chi connectivity index (χ3n) is 2.56. The van der Waals surface area contributed by atoms with E-state index in [-0.39, 0.29) is 6.61 Å². The van der Waals surface area contributed by atoms with E-state index in [2.05, 4.69) is 0 Å². The highest BCUT2D eigenvalue weighted by Gasteiger charge is 2.08. The number of benzene rings is 2. The largest absolute Gasteiger partial charge is 0.514 e. The molecule has 0 aliphatic heterocycles. The smallest absolute Gasteiger partial charge is 0.429 e. The second kappa shape index (κ2) is 7.22. The minimum Gasteiger partial charge on any atom is -0.429 e. The van der Waals surface area contributed by atoms with Crippen molar-refractivity contribution in [3.63, 3.8) is 0 Å². The lowest BCUT2D eigenvalue weighted by Gasteiger charge is -2.07. The summed E-state index contributed by atoms with van der Waals surface area (Å²) >= 11 is 7.59. The van der Waals surface area contributed by atoms with Gasteiger partial charge in [0.05, 0.1) is 0 Å². The minimum atomic E-state index is -0.748. The van der Waals surface area contributed by atoms with E-state index in [0.29, 0.717) is 10.8 Å². The van der Waals surface area contributed by atoms with Gasteiger partial charge in [0.15, 0.2) is 0 Å². The summed E-state index contributed by atoms with van der Waals surface area (Å²) in [5, 5.41) is 0.560. The molecule has 0 amide bonds. The van der Waals surface area contributed by atoms with Crippen LogP contribution in [0.4, 0.5) is 4.79 Å². The van der Waals surface area contributed by atoms with Crippen molar-refractivity contribution in [2.24, 2.45) is 0 Å². The molecular formula is C15H13ClO3S. The fourth-order valence-electron chi connectivity index (χ4n) is 1.52. The van der Waals surface area contributed by atoms with Crippen molar-refractivity contribution in [2.75, 3.05) is 6.26 Å². The van der Waals surface area contributed by atoms with Gasteiger partial charge in [0.25, 0.3) is 0 Å². The van der Waals surface area contributed by atoms with E-state index in [1.807, 2.05) is 30.5 Å². The molecule has 20 heavy (non-hydrogen) atoms. The second-order valence-electron chi connectivity index (χ2n) is 3.91. The zero-order chi connectivity index (χ0) is 14.4. The fourth-order valence-corrected chi connectivity index (χ4v) is 2.12. The molecule has 0 saturated carbocycles.